The second kappa shape index (κ2) is 8.97. The third kappa shape index (κ3) is 4.57. The smallest absolute Gasteiger partial charge is 0.153 e. The van der Waals surface area contributed by atoms with Gasteiger partial charge in [-0.25, -0.2) is 14.4 Å². The van der Waals surface area contributed by atoms with Crippen molar-refractivity contribution in [1.29, 1.82) is 0 Å². The maximum absolute atomic E-state index is 13.3. The second-order valence-electron chi connectivity index (χ2n) is 6.64. The number of rotatable bonds is 7. The van der Waals surface area contributed by atoms with Gasteiger partial charge in [0, 0.05) is 17.1 Å². The van der Waals surface area contributed by atoms with E-state index in [0.717, 1.165) is 6.29 Å². The highest BCUT2D eigenvalue weighted by atomic mass is 35.5. The minimum atomic E-state index is -0.320. The van der Waals surface area contributed by atoms with Gasteiger partial charge in [0.15, 0.2) is 6.29 Å². The lowest BCUT2D eigenvalue weighted by Crippen LogP contribution is -1.99. The number of benzene rings is 3. The van der Waals surface area contributed by atoms with Crippen molar-refractivity contribution in [2.75, 3.05) is 12.4 Å². The monoisotopic (exact) mass is 437 g/mol. The summed E-state index contributed by atoms with van der Waals surface area (Å²) < 4.78 is 24.2. The highest BCUT2D eigenvalue weighted by Gasteiger charge is 2.11. The number of hydrogen-bond acceptors (Lipinski definition) is 6. The Bertz CT molecular complexity index is 1270. The third-order valence-corrected chi connectivity index (χ3v) is 4.89. The molecule has 0 spiro atoms. The van der Waals surface area contributed by atoms with Gasteiger partial charge in [0.2, 0.25) is 0 Å². The van der Waals surface area contributed by atoms with Crippen LogP contribution < -0.4 is 14.8 Å². The Labute approximate surface area is 182 Å². The zero-order valence-corrected chi connectivity index (χ0v) is 17.2. The van der Waals surface area contributed by atoms with Crippen LogP contribution in [0.4, 0.5) is 15.9 Å². The Hall–Kier alpha value is -3.71. The number of carbonyl (C=O) groups excluding carboxylic acids is 1. The molecule has 0 saturated heterocycles. The molecule has 3 aromatic carbocycles. The lowest BCUT2D eigenvalue weighted by molar-refractivity contribution is 0.112. The van der Waals surface area contributed by atoms with Gasteiger partial charge in [0.05, 0.1) is 23.2 Å². The van der Waals surface area contributed by atoms with E-state index >= 15 is 0 Å². The van der Waals surface area contributed by atoms with E-state index in [1.54, 1.807) is 42.5 Å². The Morgan fingerprint density at radius 2 is 1.97 bits per heavy atom. The van der Waals surface area contributed by atoms with Gasteiger partial charge in [-0.1, -0.05) is 23.7 Å². The van der Waals surface area contributed by atoms with Crippen molar-refractivity contribution < 1.29 is 18.7 Å². The fourth-order valence-corrected chi connectivity index (χ4v) is 3.32. The highest BCUT2D eigenvalue weighted by Crippen LogP contribution is 2.32. The maximum Gasteiger partial charge on any atom is 0.153 e. The van der Waals surface area contributed by atoms with E-state index in [-0.39, 0.29) is 12.4 Å². The van der Waals surface area contributed by atoms with Gasteiger partial charge in [0.1, 0.15) is 36.1 Å². The van der Waals surface area contributed by atoms with E-state index in [1.807, 2.05) is 0 Å². The summed E-state index contributed by atoms with van der Waals surface area (Å²) in [6.45, 7) is 0.192. The standard InChI is InChI=1S/C23H17ClFN3O3/c1-30-22-10-20-18(8-15(22)11-29)23(27-13-26-20)28-17-5-6-21(19(24)9-17)31-12-14-3-2-4-16(25)7-14/h2-11,13H,12H2,1H3,(H,26,27,28). The molecule has 0 saturated carbocycles. The number of methoxy groups -OCH3 is 1. The molecule has 4 aromatic rings. The van der Waals surface area contributed by atoms with E-state index in [0.29, 0.717) is 50.1 Å². The van der Waals surface area contributed by atoms with Crippen molar-refractivity contribution in [3.05, 3.63) is 82.9 Å². The third-order valence-electron chi connectivity index (χ3n) is 4.59. The van der Waals surface area contributed by atoms with Crippen LogP contribution >= 0.6 is 11.6 Å². The topological polar surface area (TPSA) is 73.3 Å². The summed E-state index contributed by atoms with van der Waals surface area (Å²) in [4.78, 5) is 19.9. The van der Waals surface area contributed by atoms with Crippen molar-refractivity contribution in [2.24, 2.45) is 0 Å². The SMILES string of the molecule is COc1cc2ncnc(Nc3ccc(OCc4cccc(F)c4)c(Cl)c3)c2cc1C=O. The van der Waals surface area contributed by atoms with Gasteiger partial charge in [-0.15, -0.1) is 0 Å². The molecular formula is C23H17ClFN3O3. The average molecular weight is 438 g/mol. The first-order chi connectivity index (χ1) is 15.1. The molecule has 0 radical (unpaired) electrons. The second-order valence-corrected chi connectivity index (χ2v) is 7.05. The Morgan fingerprint density at radius 3 is 2.71 bits per heavy atom. The molecule has 31 heavy (non-hydrogen) atoms. The van der Waals surface area contributed by atoms with Crippen LogP contribution in [0.15, 0.2) is 60.9 Å². The summed E-state index contributed by atoms with van der Waals surface area (Å²) in [6.07, 6.45) is 2.14. The number of halogens is 2. The molecule has 0 bridgehead atoms. The molecule has 0 atom stereocenters. The number of anilines is 2. The summed E-state index contributed by atoms with van der Waals surface area (Å²) in [7, 11) is 1.49. The number of aromatic nitrogens is 2. The number of ether oxygens (including phenoxy) is 2. The van der Waals surface area contributed by atoms with Gasteiger partial charge in [0.25, 0.3) is 0 Å². The molecule has 156 valence electrons. The molecule has 0 aliphatic heterocycles. The molecular weight excluding hydrogens is 421 g/mol. The molecule has 4 rings (SSSR count). The van der Waals surface area contributed by atoms with Crippen LogP contribution in [-0.2, 0) is 6.61 Å². The molecule has 1 aromatic heterocycles. The molecule has 0 aliphatic rings. The predicted octanol–water partition coefficient (Wildman–Crippen LogP) is 5.57. The minimum absolute atomic E-state index is 0.192. The van der Waals surface area contributed by atoms with Crippen LogP contribution in [0.25, 0.3) is 10.9 Å². The van der Waals surface area contributed by atoms with Gasteiger partial charge in [-0.3, -0.25) is 4.79 Å². The lowest BCUT2D eigenvalue weighted by Gasteiger charge is -2.13. The largest absolute Gasteiger partial charge is 0.496 e. The van der Waals surface area contributed by atoms with Crippen LogP contribution in [0, 0.1) is 5.82 Å². The van der Waals surface area contributed by atoms with Gasteiger partial charge in [-0.2, -0.15) is 0 Å². The fourth-order valence-electron chi connectivity index (χ4n) is 3.09. The molecule has 1 heterocycles. The summed E-state index contributed by atoms with van der Waals surface area (Å²) in [5.74, 6) is 1.10. The number of carbonyl (C=O) groups is 1. The zero-order valence-electron chi connectivity index (χ0n) is 16.4. The molecule has 0 unspecified atom stereocenters. The number of fused-ring (bicyclic) bond motifs is 1. The molecule has 6 nitrogen and oxygen atoms in total. The van der Waals surface area contributed by atoms with Gasteiger partial charge >= 0.3 is 0 Å². The number of hydrogen-bond donors (Lipinski definition) is 1. The van der Waals surface area contributed by atoms with Crippen molar-refractivity contribution in [3.63, 3.8) is 0 Å². The van der Waals surface area contributed by atoms with Crippen LogP contribution in [0.1, 0.15) is 15.9 Å². The summed E-state index contributed by atoms with van der Waals surface area (Å²) >= 11 is 6.36. The van der Waals surface area contributed by atoms with E-state index < -0.39 is 0 Å². The minimum Gasteiger partial charge on any atom is -0.496 e. The lowest BCUT2D eigenvalue weighted by atomic mass is 10.1. The summed E-state index contributed by atoms with van der Waals surface area (Å²) in [5, 5.41) is 4.23. The Balaban J connectivity index is 1.56. The van der Waals surface area contributed by atoms with E-state index in [9.17, 15) is 9.18 Å². The molecule has 0 amide bonds. The van der Waals surface area contributed by atoms with Crippen LogP contribution in [-0.4, -0.2) is 23.4 Å². The number of nitrogens with zero attached hydrogens (tertiary/aromatic N) is 2. The van der Waals surface area contributed by atoms with Gasteiger partial charge in [-0.05, 0) is 42.0 Å². The first-order valence-electron chi connectivity index (χ1n) is 9.29. The van der Waals surface area contributed by atoms with Crippen LogP contribution in [0.2, 0.25) is 5.02 Å². The number of nitrogens with one attached hydrogen (secondary N) is 1. The van der Waals surface area contributed by atoms with Gasteiger partial charge < -0.3 is 14.8 Å². The first kappa shape index (κ1) is 20.6. The van der Waals surface area contributed by atoms with E-state index in [2.05, 4.69) is 15.3 Å². The zero-order chi connectivity index (χ0) is 21.8. The Kier molecular flexibility index (Phi) is 5.95. The highest BCUT2D eigenvalue weighted by molar-refractivity contribution is 6.32. The van der Waals surface area contributed by atoms with Crippen molar-refractivity contribution in [3.8, 4) is 11.5 Å². The summed E-state index contributed by atoms with van der Waals surface area (Å²) in [5.41, 5.74) is 2.40. The molecule has 8 heteroatoms. The van der Waals surface area contributed by atoms with Crippen molar-refractivity contribution in [2.45, 2.75) is 6.61 Å². The van der Waals surface area contributed by atoms with Crippen molar-refractivity contribution in [1.82, 2.24) is 9.97 Å². The first-order valence-corrected chi connectivity index (χ1v) is 9.67. The van der Waals surface area contributed by atoms with E-state index in [4.69, 9.17) is 21.1 Å². The molecule has 0 aliphatic carbocycles. The predicted molar refractivity (Wildman–Crippen MR) is 117 cm³/mol. The normalized spacial score (nSPS) is 10.7. The quantitative estimate of drug-likeness (QED) is 0.381. The van der Waals surface area contributed by atoms with E-state index in [1.165, 1.54) is 25.6 Å². The maximum atomic E-state index is 13.3. The fraction of sp³-hybridized carbons (Fsp3) is 0.0870. The van der Waals surface area contributed by atoms with Crippen LogP contribution in [0.5, 0.6) is 11.5 Å². The van der Waals surface area contributed by atoms with Crippen LogP contribution in [0.3, 0.4) is 0 Å². The van der Waals surface area contributed by atoms with Crippen molar-refractivity contribution >= 4 is 40.3 Å². The molecule has 1 N–H and O–H groups in total. The Morgan fingerprint density at radius 1 is 1.10 bits per heavy atom. The average Bonchev–Trinajstić information content (AvgIpc) is 2.78. The number of aldehydes is 1. The summed E-state index contributed by atoms with van der Waals surface area (Å²) in [6, 6.07) is 14.7. The molecule has 0 fully saturated rings.